The summed E-state index contributed by atoms with van der Waals surface area (Å²) in [4.78, 5) is 12.9. The zero-order chi connectivity index (χ0) is 17.2. The van der Waals surface area contributed by atoms with Crippen LogP contribution in [0.15, 0.2) is 66.7 Å². The van der Waals surface area contributed by atoms with E-state index in [1.807, 2.05) is 80.6 Å². The Morgan fingerprint density at radius 2 is 1.50 bits per heavy atom. The molecule has 122 valence electrons. The fourth-order valence-corrected chi connectivity index (χ4v) is 2.93. The van der Waals surface area contributed by atoms with E-state index in [4.69, 9.17) is 4.74 Å². The Bertz CT molecular complexity index is 869. The lowest BCUT2D eigenvalue weighted by Gasteiger charge is -2.27. The first-order chi connectivity index (χ1) is 11.5. The van der Waals surface area contributed by atoms with Crippen LogP contribution in [0.1, 0.15) is 29.8 Å². The van der Waals surface area contributed by atoms with Crippen LogP contribution < -0.4 is 10.1 Å². The molecule has 0 bridgehead atoms. The molecule has 0 unspecified atom stereocenters. The number of ether oxygens (including phenoxy) is 1. The molecule has 0 heterocycles. The Kier molecular flexibility index (Phi) is 4.26. The fraction of sp³-hybridized carbons (Fsp3) is 0.190. The lowest BCUT2D eigenvalue weighted by molar-refractivity contribution is 0.0914. The van der Waals surface area contributed by atoms with Crippen LogP contribution in [0.25, 0.3) is 10.8 Å². The summed E-state index contributed by atoms with van der Waals surface area (Å²) in [7, 11) is 1.64. The highest BCUT2D eigenvalue weighted by atomic mass is 16.5. The number of hydrogen-bond acceptors (Lipinski definition) is 2. The molecular weight excluding hydrogens is 298 g/mol. The molecule has 0 aliphatic carbocycles. The number of nitrogens with one attached hydrogen (secondary N) is 1. The van der Waals surface area contributed by atoms with Gasteiger partial charge in [0, 0.05) is 10.9 Å². The molecule has 0 saturated carbocycles. The summed E-state index contributed by atoms with van der Waals surface area (Å²) in [6.45, 7) is 4.01. The van der Waals surface area contributed by atoms with Crippen LogP contribution in [-0.4, -0.2) is 13.0 Å². The van der Waals surface area contributed by atoms with Crippen LogP contribution in [-0.2, 0) is 5.54 Å². The quantitative estimate of drug-likeness (QED) is 0.768. The van der Waals surface area contributed by atoms with Gasteiger partial charge in [-0.05, 0) is 36.9 Å². The average molecular weight is 319 g/mol. The van der Waals surface area contributed by atoms with Gasteiger partial charge in [-0.25, -0.2) is 0 Å². The number of carbonyl (C=O) groups excluding carboxylic acids is 1. The second-order valence-corrected chi connectivity index (χ2v) is 6.31. The Morgan fingerprint density at radius 3 is 2.17 bits per heavy atom. The van der Waals surface area contributed by atoms with Gasteiger partial charge in [-0.2, -0.15) is 0 Å². The molecule has 0 atom stereocenters. The third-order valence-electron chi connectivity index (χ3n) is 4.27. The first-order valence-electron chi connectivity index (χ1n) is 7.97. The molecule has 0 radical (unpaired) electrons. The molecule has 0 fully saturated rings. The van der Waals surface area contributed by atoms with Crippen LogP contribution in [0.3, 0.4) is 0 Å². The number of rotatable bonds is 4. The Balaban J connectivity index is 1.98. The van der Waals surface area contributed by atoms with Gasteiger partial charge < -0.3 is 10.1 Å². The predicted molar refractivity (Wildman–Crippen MR) is 97.4 cm³/mol. The first kappa shape index (κ1) is 16.1. The molecular formula is C21H21NO2. The van der Waals surface area contributed by atoms with Gasteiger partial charge in [0.2, 0.25) is 0 Å². The second-order valence-electron chi connectivity index (χ2n) is 6.31. The van der Waals surface area contributed by atoms with Crippen molar-refractivity contribution in [3.8, 4) is 5.75 Å². The molecule has 0 aromatic heterocycles. The van der Waals surface area contributed by atoms with Crippen molar-refractivity contribution in [3.05, 3.63) is 77.9 Å². The van der Waals surface area contributed by atoms with E-state index in [1.165, 1.54) is 0 Å². The van der Waals surface area contributed by atoms with Crippen LogP contribution in [0.5, 0.6) is 5.75 Å². The van der Waals surface area contributed by atoms with Gasteiger partial charge in [0.1, 0.15) is 5.75 Å². The molecule has 0 spiro atoms. The summed E-state index contributed by atoms with van der Waals surface area (Å²) in [5.41, 5.74) is 1.26. The van der Waals surface area contributed by atoms with E-state index in [-0.39, 0.29) is 5.91 Å². The number of hydrogen-bond donors (Lipinski definition) is 1. The summed E-state index contributed by atoms with van der Waals surface area (Å²) in [5, 5.41) is 4.96. The molecule has 24 heavy (non-hydrogen) atoms. The van der Waals surface area contributed by atoms with E-state index in [2.05, 4.69) is 5.32 Å². The number of carbonyl (C=O) groups is 1. The van der Waals surface area contributed by atoms with Gasteiger partial charge in [0.05, 0.1) is 12.6 Å². The Labute approximate surface area is 142 Å². The summed E-state index contributed by atoms with van der Waals surface area (Å²) >= 11 is 0. The predicted octanol–water partition coefficient (Wildman–Crippen LogP) is 4.51. The minimum absolute atomic E-state index is 0.0947. The van der Waals surface area contributed by atoms with E-state index in [9.17, 15) is 4.79 Å². The maximum atomic E-state index is 12.9. The molecule has 1 amide bonds. The van der Waals surface area contributed by atoms with Gasteiger partial charge in [0.15, 0.2) is 0 Å². The van der Waals surface area contributed by atoms with Crippen molar-refractivity contribution < 1.29 is 9.53 Å². The molecule has 1 N–H and O–H groups in total. The van der Waals surface area contributed by atoms with Crippen LogP contribution in [0.4, 0.5) is 0 Å². The van der Waals surface area contributed by atoms with Crippen LogP contribution >= 0.6 is 0 Å². The molecule has 0 aliphatic heterocycles. The lowest BCUT2D eigenvalue weighted by atomic mass is 9.93. The van der Waals surface area contributed by atoms with Crippen molar-refractivity contribution in [3.63, 3.8) is 0 Å². The van der Waals surface area contributed by atoms with Crippen LogP contribution in [0, 0.1) is 0 Å². The highest BCUT2D eigenvalue weighted by Gasteiger charge is 2.24. The standard InChI is InChI=1S/C21H21NO2/c1-21(2,15-9-5-4-6-10-15)22-20(23)18-13-14-19(24-3)17-12-8-7-11-16(17)18/h4-14H,1-3H3,(H,22,23). The van der Waals surface area contributed by atoms with Gasteiger partial charge in [0.25, 0.3) is 5.91 Å². The maximum absolute atomic E-state index is 12.9. The Hall–Kier alpha value is -2.81. The molecule has 3 aromatic rings. The largest absolute Gasteiger partial charge is 0.496 e. The van der Waals surface area contributed by atoms with Crippen molar-refractivity contribution in [1.29, 1.82) is 0 Å². The van der Waals surface area contributed by atoms with Crippen molar-refractivity contribution in [2.75, 3.05) is 7.11 Å². The van der Waals surface area contributed by atoms with Crippen LogP contribution in [0.2, 0.25) is 0 Å². The van der Waals surface area contributed by atoms with Gasteiger partial charge >= 0.3 is 0 Å². The first-order valence-corrected chi connectivity index (χ1v) is 7.97. The number of benzene rings is 3. The Morgan fingerprint density at radius 1 is 0.875 bits per heavy atom. The van der Waals surface area contributed by atoms with E-state index in [1.54, 1.807) is 7.11 Å². The zero-order valence-electron chi connectivity index (χ0n) is 14.2. The zero-order valence-corrected chi connectivity index (χ0v) is 14.2. The van der Waals surface area contributed by atoms with Crippen molar-refractivity contribution in [1.82, 2.24) is 5.32 Å². The summed E-state index contributed by atoms with van der Waals surface area (Å²) in [5.74, 6) is 0.673. The number of methoxy groups -OCH3 is 1. The number of fused-ring (bicyclic) bond motifs is 1. The monoisotopic (exact) mass is 319 g/mol. The van der Waals surface area contributed by atoms with Crippen molar-refractivity contribution in [2.24, 2.45) is 0 Å². The topological polar surface area (TPSA) is 38.3 Å². The minimum Gasteiger partial charge on any atom is -0.496 e. The minimum atomic E-state index is -0.459. The smallest absolute Gasteiger partial charge is 0.252 e. The molecule has 3 aromatic carbocycles. The third kappa shape index (κ3) is 2.98. The molecule has 0 saturated heterocycles. The van der Waals surface area contributed by atoms with Gasteiger partial charge in [-0.3, -0.25) is 4.79 Å². The highest BCUT2D eigenvalue weighted by molar-refractivity contribution is 6.08. The maximum Gasteiger partial charge on any atom is 0.252 e. The molecule has 3 rings (SSSR count). The van der Waals surface area contributed by atoms with Crippen molar-refractivity contribution in [2.45, 2.75) is 19.4 Å². The normalized spacial score (nSPS) is 11.3. The van der Waals surface area contributed by atoms with E-state index >= 15 is 0 Å². The molecule has 3 nitrogen and oxygen atoms in total. The summed E-state index contributed by atoms with van der Waals surface area (Å²) < 4.78 is 5.40. The van der Waals surface area contributed by atoms with E-state index in [0.29, 0.717) is 5.56 Å². The summed E-state index contributed by atoms with van der Waals surface area (Å²) in [6, 6.07) is 21.4. The van der Waals surface area contributed by atoms with E-state index < -0.39 is 5.54 Å². The van der Waals surface area contributed by atoms with Gasteiger partial charge in [-0.1, -0.05) is 54.6 Å². The second kappa shape index (κ2) is 6.36. The third-order valence-corrected chi connectivity index (χ3v) is 4.27. The highest BCUT2D eigenvalue weighted by Crippen LogP contribution is 2.29. The fourth-order valence-electron chi connectivity index (χ4n) is 2.93. The lowest BCUT2D eigenvalue weighted by Crippen LogP contribution is -2.41. The van der Waals surface area contributed by atoms with Crippen molar-refractivity contribution >= 4 is 16.7 Å². The SMILES string of the molecule is COc1ccc(C(=O)NC(C)(C)c2ccccc2)c2ccccc12. The number of amides is 1. The van der Waals surface area contributed by atoms with E-state index in [0.717, 1.165) is 22.1 Å². The molecule has 3 heteroatoms. The molecule has 0 aliphatic rings. The average Bonchev–Trinajstić information content (AvgIpc) is 2.61. The summed E-state index contributed by atoms with van der Waals surface area (Å²) in [6.07, 6.45) is 0. The van der Waals surface area contributed by atoms with Gasteiger partial charge in [-0.15, -0.1) is 0 Å².